The third kappa shape index (κ3) is 5.58. The first-order valence-electron chi connectivity index (χ1n) is 8.77. The summed E-state index contributed by atoms with van der Waals surface area (Å²) in [7, 11) is 0. The molecule has 0 saturated carbocycles. The van der Waals surface area contributed by atoms with Gasteiger partial charge in [0.1, 0.15) is 24.0 Å². The summed E-state index contributed by atoms with van der Waals surface area (Å²) < 4.78 is 17.5. The van der Waals surface area contributed by atoms with Crippen molar-refractivity contribution in [2.75, 3.05) is 6.54 Å². The van der Waals surface area contributed by atoms with Crippen LogP contribution in [0.4, 0.5) is 4.79 Å². The third-order valence-electron chi connectivity index (χ3n) is 3.92. The summed E-state index contributed by atoms with van der Waals surface area (Å²) in [5, 5.41) is 0. The molecule has 1 aromatic carbocycles. The van der Waals surface area contributed by atoms with Crippen molar-refractivity contribution >= 4 is 6.09 Å². The predicted octanol–water partition coefficient (Wildman–Crippen LogP) is 4.13. The van der Waals surface area contributed by atoms with Crippen LogP contribution in [0.25, 0.3) is 0 Å². The Balaban J connectivity index is 1.98. The van der Waals surface area contributed by atoms with Crippen LogP contribution in [0.1, 0.15) is 39.7 Å². The fourth-order valence-corrected chi connectivity index (χ4v) is 2.73. The van der Waals surface area contributed by atoms with Crippen molar-refractivity contribution < 1.29 is 19.0 Å². The molecule has 0 N–H and O–H groups in total. The van der Waals surface area contributed by atoms with Crippen LogP contribution in [0.5, 0.6) is 0 Å². The zero-order chi connectivity index (χ0) is 18.4. The fourth-order valence-electron chi connectivity index (χ4n) is 2.73. The maximum Gasteiger partial charge on any atom is 0.412 e. The van der Waals surface area contributed by atoms with Crippen molar-refractivity contribution in [3.63, 3.8) is 0 Å². The average molecular weight is 347 g/mol. The van der Waals surface area contributed by atoms with E-state index in [-0.39, 0.29) is 24.5 Å². The maximum absolute atomic E-state index is 12.4. The Morgan fingerprint density at radius 1 is 1.40 bits per heavy atom. The number of carbonyl (C=O) groups excluding carboxylic acids is 1. The molecule has 5 heteroatoms. The van der Waals surface area contributed by atoms with Gasteiger partial charge in [0.05, 0.1) is 13.2 Å². The molecule has 25 heavy (non-hydrogen) atoms. The first-order chi connectivity index (χ1) is 11.8. The molecule has 2 unspecified atom stereocenters. The summed E-state index contributed by atoms with van der Waals surface area (Å²) in [5.74, 6) is 0. The molecule has 0 aliphatic carbocycles. The van der Waals surface area contributed by atoms with Crippen LogP contribution >= 0.6 is 0 Å². The monoisotopic (exact) mass is 347 g/mol. The Kier molecular flexibility index (Phi) is 6.62. The highest BCUT2D eigenvalue weighted by atomic mass is 16.6. The Hall–Kier alpha value is -1.85. The van der Waals surface area contributed by atoms with Gasteiger partial charge in [0, 0.05) is 0 Å². The molecule has 2 rings (SSSR count). The molecule has 3 atom stereocenters. The van der Waals surface area contributed by atoms with Gasteiger partial charge in [-0.2, -0.15) is 0 Å². The van der Waals surface area contributed by atoms with E-state index in [9.17, 15) is 4.79 Å². The lowest BCUT2D eigenvalue weighted by molar-refractivity contribution is -0.0652. The second kappa shape index (κ2) is 8.50. The lowest BCUT2D eigenvalue weighted by Gasteiger charge is -2.26. The zero-order valence-corrected chi connectivity index (χ0v) is 15.6. The van der Waals surface area contributed by atoms with E-state index in [0.29, 0.717) is 19.6 Å². The second-order valence-corrected chi connectivity index (χ2v) is 7.17. The van der Waals surface area contributed by atoms with Crippen LogP contribution in [0, 0.1) is 0 Å². The highest BCUT2D eigenvalue weighted by Crippen LogP contribution is 2.25. The van der Waals surface area contributed by atoms with Gasteiger partial charge in [0.25, 0.3) is 0 Å². The van der Waals surface area contributed by atoms with E-state index < -0.39 is 5.60 Å². The predicted molar refractivity (Wildman–Crippen MR) is 97.1 cm³/mol. The van der Waals surface area contributed by atoms with Gasteiger partial charge in [0.2, 0.25) is 0 Å². The topological polar surface area (TPSA) is 48.0 Å². The number of benzene rings is 1. The van der Waals surface area contributed by atoms with Gasteiger partial charge in [-0.05, 0) is 32.8 Å². The normalized spacial score (nSPS) is 21.8. The molecular weight excluding hydrogens is 318 g/mol. The summed E-state index contributed by atoms with van der Waals surface area (Å²) in [6.07, 6.45) is 1.23. The molecule has 0 aromatic heterocycles. The first-order valence-corrected chi connectivity index (χ1v) is 8.77. The fraction of sp³-hybridized carbons (Fsp3) is 0.550. The number of hydrogen-bond donors (Lipinski definition) is 0. The van der Waals surface area contributed by atoms with Crippen LogP contribution < -0.4 is 0 Å². The third-order valence-corrected chi connectivity index (χ3v) is 3.92. The van der Waals surface area contributed by atoms with Gasteiger partial charge in [-0.1, -0.05) is 43.3 Å². The van der Waals surface area contributed by atoms with Crippen LogP contribution in [0.3, 0.4) is 0 Å². The maximum atomic E-state index is 12.4. The van der Waals surface area contributed by atoms with Crippen molar-refractivity contribution in [2.24, 2.45) is 0 Å². The number of carbonyl (C=O) groups is 1. The van der Waals surface area contributed by atoms with E-state index in [4.69, 9.17) is 14.2 Å². The number of nitrogens with zero attached hydrogens (tertiary/aromatic N) is 1. The first kappa shape index (κ1) is 19.5. The van der Waals surface area contributed by atoms with Crippen LogP contribution in [0.15, 0.2) is 43.0 Å². The molecule has 1 saturated heterocycles. The van der Waals surface area contributed by atoms with Crippen LogP contribution in [0.2, 0.25) is 0 Å². The summed E-state index contributed by atoms with van der Waals surface area (Å²) >= 11 is 0. The van der Waals surface area contributed by atoms with Gasteiger partial charge in [-0.25, -0.2) is 4.79 Å². The molecule has 1 aliphatic heterocycles. The summed E-state index contributed by atoms with van der Waals surface area (Å²) in [4.78, 5) is 14.1. The molecule has 0 spiro atoms. The number of amides is 1. The van der Waals surface area contributed by atoms with Gasteiger partial charge >= 0.3 is 6.09 Å². The molecule has 5 nitrogen and oxygen atoms in total. The van der Waals surface area contributed by atoms with E-state index in [1.54, 1.807) is 11.0 Å². The van der Waals surface area contributed by atoms with Gasteiger partial charge in [-0.15, -0.1) is 6.58 Å². The zero-order valence-electron chi connectivity index (χ0n) is 15.6. The smallest absolute Gasteiger partial charge is 0.412 e. The minimum absolute atomic E-state index is 0.251. The summed E-state index contributed by atoms with van der Waals surface area (Å²) in [6.45, 7) is 12.3. The van der Waals surface area contributed by atoms with Crippen molar-refractivity contribution in [1.29, 1.82) is 0 Å². The summed E-state index contributed by atoms with van der Waals surface area (Å²) in [6, 6.07) is 9.95. The molecule has 1 amide bonds. The Morgan fingerprint density at radius 2 is 2.08 bits per heavy atom. The second-order valence-electron chi connectivity index (χ2n) is 7.17. The molecule has 0 bridgehead atoms. The quantitative estimate of drug-likeness (QED) is 0.726. The minimum Gasteiger partial charge on any atom is -0.444 e. The molecule has 1 aromatic rings. The lowest BCUT2D eigenvalue weighted by atomic mass is 10.2. The molecule has 1 fully saturated rings. The van der Waals surface area contributed by atoms with E-state index in [1.165, 1.54) is 0 Å². The average Bonchev–Trinajstić information content (AvgIpc) is 2.99. The summed E-state index contributed by atoms with van der Waals surface area (Å²) in [5.41, 5.74) is 0.554. The molecule has 138 valence electrons. The van der Waals surface area contributed by atoms with Crippen molar-refractivity contribution in [3.05, 3.63) is 48.6 Å². The standard InChI is InChI=1S/C20H29NO4/c1-6-16(23-14-15-11-9-8-10-12-15)17-13-21(18(7-2)24-17)19(22)25-20(3,4)5/h6,8-12,16-18H,1,7,13-14H2,2-5H3/t16-,17?,18?/m1/s1. The number of ether oxygens (including phenoxy) is 3. The largest absolute Gasteiger partial charge is 0.444 e. The van der Waals surface area contributed by atoms with Crippen molar-refractivity contribution in [2.45, 2.75) is 64.8 Å². The Labute approximate surface area is 150 Å². The molecule has 1 aliphatic rings. The lowest BCUT2D eigenvalue weighted by Crippen LogP contribution is -2.40. The highest BCUT2D eigenvalue weighted by Gasteiger charge is 2.40. The molecule has 0 radical (unpaired) electrons. The van der Waals surface area contributed by atoms with Crippen LogP contribution in [-0.2, 0) is 20.8 Å². The van der Waals surface area contributed by atoms with Gasteiger partial charge in [0.15, 0.2) is 0 Å². The Morgan fingerprint density at radius 3 is 2.64 bits per heavy atom. The number of hydrogen-bond acceptors (Lipinski definition) is 4. The van der Waals surface area contributed by atoms with E-state index >= 15 is 0 Å². The molecule has 1 heterocycles. The van der Waals surface area contributed by atoms with Gasteiger partial charge in [-0.3, -0.25) is 4.90 Å². The van der Waals surface area contributed by atoms with Crippen LogP contribution in [-0.4, -0.2) is 41.6 Å². The van der Waals surface area contributed by atoms with Crippen molar-refractivity contribution in [1.82, 2.24) is 4.90 Å². The highest BCUT2D eigenvalue weighted by molar-refractivity contribution is 5.68. The Bertz CT molecular complexity index is 567. The van der Waals surface area contributed by atoms with E-state index in [0.717, 1.165) is 5.56 Å². The van der Waals surface area contributed by atoms with E-state index in [1.807, 2.05) is 58.0 Å². The van der Waals surface area contributed by atoms with Gasteiger partial charge < -0.3 is 14.2 Å². The minimum atomic E-state index is -0.533. The van der Waals surface area contributed by atoms with Crippen molar-refractivity contribution in [3.8, 4) is 0 Å². The number of rotatable bonds is 6. The SMILES string of the molecule is C=C[C@@H](OCc1ccccc1)C1CN(C(=O)OC(C)(C)C)C(CC)O1. The molecular formula is C20H29NO4. The van der Waals surface area contributed by atoms with E-state index in [2.05, 4.69) is 6.58 Å².